The molecule has 2 aromatic carbocycles. The number of carbonyl (C=O) groups excluding carboxylic acids is 1. The quantitative estimate of drug-likeness (QED) is 0.303. The lowest BCUT2D eigenvalue weighted by Crippen LogP contribution is -2.27. The summed E-state index contributed by atoms with van der Waals surface area (Å²) in [6.45, 7) is 5.12. The molecule has 0 spiro atoms. The molecular formula is C24H24ClN5O2S. The lowest BCUT2D eigenvalue weighted by Gasteiger charge is -2.13. The van der Waals surface area contributed by atoms with E-state index in [4.69, 9.17) is 16.6 Å². The van der Waals surface area contributed by atoms with Gasteiger partial charge in [-0.2, -0.15) is 5.10 Å². The first kappa shape index (κ1) is 23.1. The van der Waals surface area contributed by atoms with Crippen LogP contribution >= 0.6 is 23.4 Å². The maximum Gasteiger partial charge on any atom is 0.280 e. The van der Waals surface area contributed by atoms with Crippen LogP contribution in [-0.4, -0.2) is 31.0 Å². The number of thioether (sulfide) groups is 1. The summed E-state index contributed by atoms with van der Waals surface area (Å²) in [5.41, 5.74) is 3.50. The molecule has 0 bridgehead atoms. The zero-order chi connectivity index (χ0) is 23.4. The van der Waals surface area contributed by atoms with E-state index >= 15 is 0 Å². The second-order valence-electron chi connectivity index (χ2n) is 7.56. The van der Waals surface area contributed by atoms with E-state index in [1.54, 1.807) is 21.4 Å². The number of hydrogen-bond donors (Lipinski definition) is 1. The summed E-state index contributed by atoms with van der Waals surface area (Å²) in [6.07, 6.45) is 0. The van der Waals surface area contributed by atoms with Crippen molar-refractivity contribution < 1.29 is 4.79 Å². The molecule has 0 radical (unpaired) electrons. The zero-order valence-corrected chi connectivity index (χ0v) is 20.0. The summed E-state index contributed by atoms with van der Waals surface area (Å²) in [6, 6.07) is 17.1. The molecule has 9 heteroatoms. The molecule has 0 aliphatic rings. The van der Waals surface area contributed by atoms with Crippen molar-refractivity contribution in [3.63, 3.8) is 0 Å². The molecular weight excluding hydrogens is 458 g/mol. The Bertz CT molecular complexity index is 1330. The Kier molecular flexibility index (Phi) is 7.15. The van der Waals surface area contributed by atoms with E-state index in [-0.39, 0.29) is 17.2 Å². The predicted molar refractivity (Wildman–Crippen MR) is 132 cm³/mol. The second-order valence-corrected chi connectivity index (χ2v) is 8.94. The van der Waals surface area contributed by atoms with Crippen molar-refractivity contribution in [2.75, 3.05) is 5.75 Å². The Hall–Kier alpha value is -3.10. The van der Waals surface area contributed by atoms with Crippen molar-refractivity contribution in [1.29, 1.82) is 0 Å². The number of benzene rings is 2. The lowest BCUT2D eigenvalue weighted by molar-refractivity contribution is -0.118. The molecule has 0 saturated carbocycles. The maximum absolute atomic E-state index is 13.5. The van der Waals surface area contributed by atoms with E-state index in [1.807, 2.05) is 56.3 Å². The van der Waals surface area contributed by atoms with E-state index in [0.29, 0.717) is 46.5 Å². The molecule has 4 rings (SSSR count). The molecule has 7 nitrogen and oxygen atoms in total. The van der Waals surface area contributed by atoms with Gasteiger partial charge in [0.25, 0.3) is 5.56 Å². The molecule has 0 unspecified atom stereocenters. The van der Waals surface area contributed by atoms with Gasteiger partial charge in [0.15, 0.2) is 10.7 Å². The first-order chi connectivity index (χ1) is 16.0. The van der Waals surface area contributed by atoms with Gasteiger partial charge in [-0.1, -0.05) is 65.8 Å². The van der Waals surface area contributed by atoms with Crippen LogP contribution in [-0.2, 0) is 24.4 Å². The molecule has 4 aromatic rings. The third kappa shape index (κ3) is 5.29. The SMILES string of the molecule is CCn1nc(C)c2nc(SCC(=O)NCc3ccccc3)n(Cc3ccc(Cl)cc3)c(=O)c21. The topological polar surface area (TPSA) is 81.8 Å². The average Bonchev–Trinajstić information content (AvgIpc) is 3.16. The highest BCUT2D eigenvalue weighted by atomic mass is 35.5. The molecule has 0 aliphatic carbocycles. The molecule has 0 atom stereocenters. The molecule has 1 N–H and O–H groups in total. The van der Waals surface area contributed by atoms with Gasteiger partial charge in [0.05, 0.1) is 18.0 Å². The minimum Gasteiger partial charge on any atom is -0.351 e. The van der Waals surface area contributed by atoms with E-state index in [2.05, 4.69) is 10.4 Å². The van der Waals surface area contributed by atoms with Gasteiger partial charge < -0.3 is 5.32 Å². The molecule has 170 valence electrons. The number of nitrogens with one attached hydrogen (secondary N) is 1. The Morgan fingerprint density at radius 1 is 1.09 bits per heavy atom. The van der Waals surface area contributed by atoms with Gasteiger partial charge in [0, 0.05) is 18.1 Å². The largest absolute Gasteiger partial charge is 0.351 e. The van der Waals surface area contributed by atoms with Gasteiger partial charge in [-0.15, -0.1) is 0 Å². The summed E-state index contributed by atoms with van der Waals surface area (Å²) >= 11 is 7.26. The maximum atomic E-state index is 13.5. The smallest absolute Gasteiger partial charge is 0.280 e. The van der Waals surface area contributed by atoms with Crippen LogP contribution in [0.5, 0.6) is 0 Å². The first-order valence-electron chi connectivity index (χ1n) is 10.6. The highest BCUT2D eigenvalue weighted by molar-refractivity contribution is 7.99. The van der Waals surface area contributed by atoms with Gasteiger partial charge in [0.1, 0.15) is 5.52 Å². The van der Waals surface area contributed by atoms with E-state index in [9.17, 15) is 9.59 Å². The zero-order valence-electron chi connectivity index (χ0n) is 18.4. The predicted octanol–water partition coefficient (Wildman–Crippen LogP) is 4.03. The van der Waals surface area contributed by atoms with Crippen LogP contribution in [0.25, 0.3) is 11.0 Å². The standard InChI is InChI=1S/C24H24ClN5O2S/c1-3-30-22-21(16(2)28-30)27-24(29(23(22)32)14-18-9-11-19(25)12-10-18)33-15-20(31)26-13-17-7-5-4-6-8-17/h4-12H,3,13-15H2,1-2H3,(H,26,31). The third-order valence-corrected chi connectivity index (χ3v) is 6.43. The summed E-state index contributed by atoms with van der Waals surface area (Å²) in [4.78, 5) is 30.7. The normalized spacial score (nSPS) is 11.1. The number of aromatic nitrogens is 4. The fraction of sp³-hybridized carbons (Fsp3) is 0.250. The monoisotopic (exact) mass is 481 g/mol. The van der Waals surface area contributed by atoms with Crippen molar-refractivity contribution in [3.8, 4) is 0 Å². The van der Waals surface area contributed by atoms with Gasteiger partial charge in [-0.25, -0.2) is 4.98 Å². The summed E-state index contributed by atoms with van der Waals surface area (Å²) in [5, 5.41) is 8.49. The molecule has 2 heterocycles. The molecule has 2 aromatic heterocycles. The van der Waals surface area contributed by atoms with Crippen LogP contribution in [0.3, 0.4) is 0 Å². The third-order valence-electron chi connectivity index (χ3n) is 5.20. The second kappa shape index (κ2) is 10.2. The minimum absolute atomic E-state index is 0.128. The van der Waals surface area contributed by atoms with Crippen molar-refractivity contribution in [3.05, 3.63) is 86.8 Å². The number of aryl methyl sites for hydroxylation is 2. The average molecular weight is 482 g/mol. The Balaban J connectivity index is 1.62. The van der Waals surface area contributed by atoms with Crippen LogP contribution in [0, 0.1) is 6.92 Å². The first-order valence-corrected chi connectivity index (χ1v) is 12.0. The van der Waals surface area contributed by atoms with Gasteiger partial charge >= 0.3 is 0 Å². The van der Waals surface area contributed by atoms with E-state index in [1.165, 1.54) is 11.8 Å². The van der Waals surface area contributed by atoms with Crippen molar-refractivity contribution in [2.45, 2.75) is 38.6 Å². The summed E-state index contributed by atoms with van der Waals surface area (Å²) < 4.78 is 3.29. The van der Waals surface area contributed by atoms with Crippen LogP contribution in [0.15, 0.2) is 64.5 Å². The Morgan fingerprint density at radius 3 is 2.52 bits per heavy atom. The van der Waals surface area contributed by atoms with Crippen LogP contribution < -0.4 is 10.9 Å². The van der Waals surface area contributed by atoms with Crippen LogP contribution in [0.2, 0.25) is 5.02 Å². The Morgan fingerprint density at radius 2 is 1.82 bits per heavy atom. The molecule has 0 aliphatic heterocycles. The number of rotatable bonds is 8. The van der Waals surface area contributed by atoms with Crippen molar-refractivity contribution in [1.82, 2.24) is 24.6 Å². The number of carbonyl (C=O) groups is 1. The van der Waals surface area contributed by atoms with E-state index < -0.39 is 0 Å². The fourth-order valence-electron chi connectivity index (χ4n) is 3.52. The number of halogens is 1. The highest BCUT2D eigenvalue weighted by Crippen LogP contribution is 2.21. The lowest BCUT2D eigenvalue weighted by atomic mass is 10.2. The van der Waals surface area contributed by atoms with Crippen LogP contribution in [0.4, 0.5) is 0 Å². The highest BCUT2D eigenvalue weighted by Gasteiger charge is 2.19. The number of amides is 1. The Labute approximate surface area is 200 Å². The summed E-state index contributed by atoms with van der Waals surface area (Å²) in [7, 11) is 0. The van der Waals surface area contributed by atoms with Crippen molar-refractivity contribution >= 4 is 40.3 Å². The molecule has 33 heavy (non-hydrogen) atoms. The van der Waals surface area contributed by atoms with Gasteiger partial charge in [-0.3, -0.25) is 18.8 Å². The van der Waals surface area contributed by atoms with Crippen molar-refractivity contribution in [2.24, 2.45) is 0 Å². The summed E-state index contributed by atoms with van der Waals surface area (Å²) in [5.74, 6) is 0.0176. The molecule has 1 amide bonds. The minimum atomic E-state index is -0.176. The molecule has 0 fully saturated rings. The number of nitrogens with zero attached hydrogens (tertiary/aromatic N) is 4. The van der Waals surface area contributed by atoms with Gasteiger partial charge in [-0.05, 0) is 37.1 Å². The van der Waals surface area contributed by atoms with E-state index in [0.717, 1.165) is 11.1 Å². The fourth-order valence-corrected chi connectivity index (χ4v) is 4.46. The van der Waals surface area contributed by atoms with Crippen LogP contribution in [0.1, 0.15) is 23.7 Å². The number of fused-ring (bicyclic) bond motifs is 1. The molecule has 0 saturated heterocycles. The van der Waals surface area contributed by atoms with Gasteiger partial charge in [0.2, 0.25) is 5.91 Å². The number of hydrogen-bond acceptors (Lipinski definition) is 5.